The van der Waals surface area contributed by atoms with Gasteiger partial charge >= 0.3 is 11.9 Å². The predicted octanol–water partition coefficient (Wildman–Crippen LogP) is 3.36. The van der Waals surface area contributed by atoms with E-state index < -0.39 is 22.7 Å². The third-order valence-electron chi connectivity index (χ3n) is 3.29. The summed E-state index contributed by atoms with van der Waals surface area (Å²) in [5, 5.41) is 13.6. The molecule has 0 radical (unpaired) electrons. The molecule has 9 nitrogen and oxygen atoms in total. The molecule has 0 saturated carbocycles. The van der Waals surface area contributed by atoms with Gasteiger partial charge in [-0.25, -0.2) is 4.79 Å². The molecule has 1 amide bonds. The van der Waals surface area contributed by atoms with Gasteiger partial charge in [-0.3, -0.25) is 14.9 Å². The molecule has 25 heavy (non-hydrogen) atoms. The Kier molecular flexibility index (Phi) is 4.21. The second-order valence-electron chi connectivity index (χ2n) is 4.87. The number of para-hydroxylation sites is 1. The minimum absolute atomic E-state index is 0.109. The van der Waals surface area contributed by atoms with E-state index in [9.17, 15) is 19.7 Å². The molecular weight excluding hydrogens is 332 g/mol. The van der Waals surface area contributed by atoms with Crippen LogP contribution in [0.15, 0.2) is 45.2 Å². The van der Waals surface area contributed by atoms with Crippen molar-refractivity contribution in [2.75, 3.05) is 11.9 Å². The zero-order valence-corrected chi connectivity index (χ0v) is 13.0. The summed E-state index contributed by atoms with van der Waals surface area (Å²) in [6.45, 7) is 1.77. The van der Waals surface area contributed by atoms with Crippen molar-refractivity contribution in [2.45, 2.75) is 6.92 Å². The fourth-order valence-corrected chi connectivity index (χ4v) is 2.23. The number of ether oxygens (including phenoxy) is 1. The van der Waals surface area contributed by atoms with Gasteiger partial charge < -0.3 is 18.9 Å². The van der Waals surface area contributed by atoms with Crippen molar-refractivity contribution in [2.24, 2.45) is 0 Å². The third kappa shape index (κ3) is 3.07. The minimum Gasteiger partial charge on any atom is -0.460 e. The Morgan fingerprint density at radius 3 is 2.64 bits per heavy atom. The van der Waals surface area contributed by atoms with E-state index in [1.807, 2.05) is 0 Å². The van der Waals surface area contributed by atoms with Crippen LogP contribution in [-0.4, -0.2) is 23.4 Å². The van der Waals surface area contributed by atoms with Crippen molar-refractivity contribution in [3.63, 3.8) is 0 Å². The molecule has 0 aliphatic rings. The summed E-state index contributed by atoms with van der Waals surface area (Å²) in [5.41, 5.74) is 0.490. The molecule has 0 fully saturated rings. The lowest BCUT2D eigenvalue weighted by Gasteiger charge is -2.04. The van der Waals surface area contributed by atoms with Crippen LogP contribution in [0, 0.1) is 10.1 Å². The molecule has 0 aliphatic heterocycles. The highest BCUT2D eigenvalue weighted by atomic mass is 16.6. The van der Waals surface area contributed by atoms with E-state index in [1.54, 1.807) is 31.2 Å². The number of amides is 1. The van der Waals surface area contributed by atoms with E-state index in [2.05, 4.69) is 5.32 Å². The van der Waals surface area contributed by atoms with Gasteiger partial charge in [-0.1, -0.05) is 12.1 Å². The zero-order chi connectivity index (χ0) is 18.0. The Labute approximate surface area is 140 Å². The summed E-state index contributed by atoms with van der Waals surface area (Å²) < 4.78 is 15.2. The van der Waals surface area contributed by atoms with Crippen molar-refractivity contribution >= 4 is 34.4 Å². The van der Waals surface area contributed by atoms with E-state index in [1.165, 1.54) is 6.07 Å². The third-order valence-corrected chi connectivity index (χ3v) is 3.29. The van der Waals surface area contributed by atoms with Crippen molar-refractivity contribution in [1.82, 2.24) is 0 Å². The molecule has 128 valence electrons. The van der Waals surface area contributed by atoms with Crippen LogP contribution in [0.5, 0.6) is 0 Å². The number of anilines is 1. The molecular formula is C16H12N2O7. The molecule has 9 heteroatoms. The number of nitro groups is 1. The lowest BCUT2D eigenvalue weighted by Crippen LogP contribution is -2.14. The number of nitrogens with one attached hydrogen (secondary N) is 1. The maximum absolute atomic E-state index is 12.3. The van der Waals surface area contributed by atoms with Crippen LogP contribution in [0.3, 0.4) is 0 Å². The Hall–Kier alpha value is -3.62. The van der Waals surface area contributed by atoms with Crippen LogP contribution in [0.1, 0.15) is 28.0 Å². The average molecular weight is 344 g/mol. The Morgan fingerprint density at radius 2 is 1.96 bits per heavy atom. The first kappa shape index (κ1) is 16.2. The monoisotopic (exact) mass is 344 g/mol. The maximum Gasteiger partial charge on any atom is 0.433 e. The minimum atomic E-state index is -0.759. The Morgan fingerprint density at radius 1 is 1.20 bits per heavy atom. The number of benzene rings is 1. The smallest absolute Gasteiger partial charge is 0.433 e. The zero-order valence-electron chi connectivity index (χ0n) is 13.0. The number of furan rings is 2. The standard InChI is InChI=1S/C16H12N2O7/c1-2-23-16(20)14-13(9-5-3-4-6-10(9)25-14)17-15(19)11-7-8-12(24-11)18(21)22/h3-8H,2H2,1H3,(H,17,19). The molecule has 0 atom stereocenters. The molecule has 0 unspecified atom stereocenters. The molecule has 1 N–H and O–H groups in total. The van der Waals surface area contributed by atoms with Crippen molar-refractivity contribution < 1.29 is 28.1 Å². The van der Waals surface area contributed by atoms with E-state index in [-0.39, 0.29) is 23.8 Å². The van der Waals surface area contributed by atoms with Gasteiger partial charge in [-0.15, -0.1) is 0 Å². The molecule has 0 bridgehead atoms. The predicted molar refractivity (Wildman–Crippen MR) is 85.5 cm³/mol. The largest absolute Gasteiger partial charge is 0.460 e. The molecule has 0 aliphatic carbocycles. The number of carbonyl (C=O) groups excluding carboxylic acids is 2. The second kappa shape index (κ2) is 6.48. The van der Waals surface area contributed by atoms with Crippen LogP contribution >= 0.6 is 0 Å². The van der Waals surface area contributed by atoms with E-state index in [0.717, 1.165) is 6.07 Å². The van der Waals surface area contributed by atoms with Gasteiger partial charge in [-0.05, 0) is 25.1 Å². The fourth-order valence-electron chi connectivity index (χ4n) is 2.23. The number of hydrogen-bond acceptors (Lipinski definition) is 7. The van der Waals surface area contributed by atoms with Crippen LogP contribution in [0.4, 0.5) is 11.6 Å². The van der Waals surface area contributed by atoms with Crippen LogP contribution in [0.2, 0.25) is 0 Å². The number of esters is 1. The molecule has 0 saturated heterocycles. The quantitative estimate of drug-likeness (QED) is 0.427. The van der Waals surface area contributed by atoms with Gasteiger partial charge in [-0.2, -0.15) is 0 Å². The highest BCUT2D eigenvalue weighted by Gasteiger charge is 2.25. The number of hydrogen-bond donors (Lipinski definition) is 1. The summed E-state index contributed by atoms with van der Waals surface area (Å²) >= 11 is 0. The fraction of sp³-hybridized carbons (Fsp3) is 0.125. The van der Waals surface area contributed by atoms with Crippen molar-refractivity contribution in [1.29, 1.82) is 0 Å². The first-order chi connectivity index (χ1) is 12.0. The SMILES string of the molecule is CCOC(=O)c1oc2ccccc2c1NC(=O)c1ccc([N+](=O)[O-])o1. The number of fused-ring (bicyclic) bond motifs is 1. The van der Waals surface area contributed by atoms with Gasteiger partial charge in [0.2, 0.25) is 5.76 Å². The Bertz CT molecular complexity index is 970. The summed E-state index contributed by atoms with van der Waals surface area (Å²) in [5.74, 6) is -2.50. The number of nitrogens with zero attached hydrogens (tertiary/aromatic N) is 1. The highest BCUT2D eigenvalue weighted by Crippen LogP contribution is 2.32. The van der Waals surface area contributed by atoms with E-state index >= 15 is 0 Å². The summed E-state index contributed by atoms with van der Waals surface area (Å²) in [6.07, 6.45) is 0. The molecule has 3 rings (SSSR count). The van der Waals surface area contributed by atoms with Crippen LogP contribution < -0.4 is 5.32 Å². The van der Waals surface area contributed by atoms with E-state index in [0.29, 0.717) is 11.0 Å². The van der Waals surface area contributed by atoms with Crippen LogP contribution in [0.25, 0.3) is 11.0 Å². The van der Waals surface area contributed by atoms with Gasteiger partial charge in [0.25, 0.3) is 5.91 Å². The van der Waals surface area contributed by atoms with Gasteiger partial charge in [0, 0.05) is 5.39 Å². The topological polar surface area (TPSA) is 125 Å². The lowest BCUT2D eigenvalue weighted by atomic mass is 10.2. The highest BCUT2D eigenvalue weighted by molar-refractivity contribution is 6.12. The average Bonchev–Trinajstić information content (AvgIpc) is 3.21. The van der Waals surface area contributed by atoms with Gasteiger partial charge in [0.05, 0.1) is 12.7 Å². The normalized spacial score (nSPS) is 10.6. The lowest BCUT2D eigenvalue weighted by molar-refractivity contribution is -0.402. The van der Waals surface area contributed by atoms with Gasteiger partial charge in [0.1, 0.15) is 16.2 Å². The Balaban J connectivity index is 1.98. The first-order valence-electron chi connectivity index (χ1n) is 7.25. The first-order valence-corrected chi connectivity index (χ1v) is 7.25. The summed E-state index contributed by atoms with van der Waals surface area (Å²) in [4.78, 5) is 34.3. The molecule has 0 spiro atoms. The van der Waals surface area contributed by atoms with Crippen LogP contribution in [-0.2, 0) is 4.74 Å². The molecule has 1 aromatic carbocycles. The molecule has 3 aromatic rings. The summed E-state index contributed by atoms with van der Waals surface area (Å²) in [7, 11) is 0. The van der Waals surface area contributed by atoms with E-state index in [4.69, 9.17) is 13.6 Å². The second-order valence-corrected chi connectivity index (χ2v) is 4.87. The van der Waals surface area contributed by atoms with Gasteiger partial charge in [0.15, 0.2) is 5.76 Å². The van der Waals surface area contributed by atoms with Crippen molar-refractivity contribution in [3.8, 4) is 0 Å². The molecule has 2 aromatic heterocycles. The number of carbonyl (C=O) groups is 2. The number of rotatable bonds is 5. The summed E-state index contributed by atoms with van der Waals surface area (Å²) in [6, 6.07) is 8.93. The molecule has 2 heterocycles. The van der Waals surface area contributed by atoms with Crippen molar-refractivity contribution in [3.05, 3.63) is 58.0 Å². The maximum atomic E-state index is 12.3.